The average Bonchev–Trinajstić information content (AvgIpc) is 2.47. The third-order valence-corrected chi connectivity index (χ3v) is 4.60. The van der Waals surface area contributed by atoms with Crippen molar-refractivity contribution in [2.45, 2.75) is 57.1 Å². The van der Waals surface area contributed by atoms with Crippen LogP contribution in [0.15, 0.2) is 29.2 Å². The Morgan fingerprint density at radius 3 is 2.25 bits per heavy atom. The predicted molar refractivity (Wildman–Crippen MR) is 92.2 cm³/mol. The van der Waals surface area contributed by atoms with Gasteiger partial charge in [0.05, 0.1) is 11.0 Å². The fraction of sp³-hybridized carbons (Fsp3) is 0.588. The topological polar surface area (TPSA) is 81.7 Å². The molecular formula is C17H27NO5S. The van der Waals surface area contributed by atoms with E-state index in [-0.39, 0.29) is 16.6 Å². The van der Waals surface area contributed by atoms with Crippen molar-refractivity contribution in [3.63, 3.8) is 0 Å². The summed E-state index contributed by atoms with van der Waals surface area (Å²) < 4.78 is 33.7. The standard InChI is InChI=1S/C12H17NO3S.C5H10O2/c1-10-4-6-12(7-5-10)17(14,15)16-11-3-2-8-13-9-11;1-5(2,3)7-4-6/h4-7,11,13H,2-3,8-9H2,1H3;4H,1-3H3. The second kappa shape index (κ2) is 9.15. The Labute approximate surface area is 144 Å². The molecule has 1 aromatic rings. The third kappa shape index (κ3) is 7.90. The second-order valence-electron chi connectivity index (χ2n) is 6.66. The molecule has 0 bridgehead atoms. The maximum absolute atomic E-state index is 12.0. The highest BCUT2D eigenvalue weighted by molar-refractivity contribution is 7.86. The van der Waals surface area contributed by atoms with Crippen LogP contribution in [0.3, 0.4) is 0 Å². The molecule has 0 aromatic heterocycles. The zero-order chi connectivity index (χ0) is 18.2. The van der Waals surface area contributed by atoms with Gasteiger partial charge in [-0.05, 0) is 59.2 Å². The molecule has 136 valence electrons. The highest BCUT2D eigenvalue weighted by atomic mass is 32.2. The summed E-state index contributed by atoms with van der Waals surface area (Å²) in [6, 6.07) is 6.71. The molecule has 1 N–H and O–H groups in total. The van der Waals surface area contributed by atoms with Gasteiger partial charge in [-0.1, -0.05) is 17.7 Å². The van der Waals surface area contributed by atoms with Crippen LogP contribution in [-0.2, 0) is 23.8 Å². The Morgan fingerprint density at radius 1 is 1.21 bits per heavy atom. The highest BCUT2D eigenvalue weighted by Gasteiger charge is 2.23. The molecule has 1 aromatic carbocycles. The van der Waals surface area contributed by atoms with E-state index < -0.39 is 10.1 Å². The van der Waals surface area contributed by atoms with Crippen LogP contribution in [0.5, 0.6) is 0 Å². The Hall–Kier alpha value is -1.44. The van der Waals surface area contributed by atoms with Gasteiger partial charge in [-0.3, -0.25) is 8.98 Å². The first kappa shape index (κ1) is 20.6. The fourth-order valence-corrected chi connectivity index (χ4v) is 3.09. The van der Waals surface area contributed by atoms with Crippen LogP contribution < -0.4 is 5.32 Å². The van der Waals surface area contributed by atoms with Crippen molar-refractivity contribution in [2.24, 2.45) is 0 Å². The van der Waals surface area contributed by atoms with Gasteiger partial charge < -0.3 is 10.1 Å². The maximum Gasteiger partial charge on any atom is 0.297 e. The summed E-state index contributed by atoms with van der Waals surface area (Å²) in [5, 5.41) is 3.13. The lowest BCUT2D eigenvalue weighted by molar-refractivity contribution is -0.138. The van der Waals surface area contributed by atoms with E-state index >= 15 is 0 Å². The molecule has 0 radical (unpaired) electrons. The molecule has 1 saturated heterocycles. The molecule has 1 atom stereocenters. The van der Waals surface area contributed by atoms with Crippen molar-refractivity contribution in [1.82, 2.24) is 5.32 Å². The minimum Gasteiger partial charge on any atom is -0.462 e. The van der Waals surface area contributed by atoms with Crippen molar-refractivity contribution < 1.29 is 22.1 Å². The van der Waals surface area contributed by atoms with E-state index in [2.05, 4.69) is 10.1 Å². The van der Waals surface area contributed by atoms with Crippen LogP contribution in [0.4, 0.5) is 0 Å². The molecule has 1 aliphatic heterocycles. The van der Waals surface area contributed by atoms with E-state index in [1.165, 1.54) is 0 Å². The predicted octanol–water partition coefficient (Wildman–Crippen LogP) is 2.41. The van der Waals surface area contributed by atoms with Crippen LogP contribution in [0.25, 0.3) is 0 Å². The zero-order valence-electron chi connectivity index (χ0n) is 14.7. The van der Waals surface area contributed by atoms with E-state index in [9.17, 15) is 13.2 Å². The van der Waals surface area contributed by atoms with Crippen LogP contribution in [0.2, 0.25) is 0 Å². The highest BCUT2D eigenvalue weighted by Crippen LogP contribution is 2.17. The SMILES string of the molecule is CC(C)(C)OC=O.Cc1ccc(S(=O)(=O)OC2CCCNC2)cc1. The van der Waals surface area contributed by atoms with Crippen molar-refractivity contribution >= 4 is 16.6 Å². The number of carbonyl (C=O) groups excluding carboxylic acids is 1. The summed E-state index contributed by atoms with van der Waals surface area (Å²) in [7, 11) is -3.62. The quantitative estimate of drug-likeness (QED) is 0.658. The lowest BCUT2D eigenvalue weighted by Gasteiger charge is -2.22. The summed E-state index contributed by atoms with van der Waals surface area (Å²) in [6.45, 7) is 9.38. The Morgan fingerprint density at radius 2 is 1.83 bits per heavy atom. The van der Waals surface area contributed by atoms with E-state index in [0.717, 1.165) is 24.9 Å². The minimum absolute atomic E-state index is 0.230. The van der Waals surface area contributed by atoms with Crippen molar-refractivity contribution in [2.75, 3.05) is 13.1 Å². The van der Waals surface area contributed by atoms with Gasteiger partial charge in [-0.2, -0.15) is 8.42 Å². The first-order chi connectivity index (χ1) is 11.1. The average molecular weight is 357 g/mol. The molecule has 1 heterocycles. The number of hydrogen-bond acceptors (Lipinski definition) is 6. The summed E-state index contributed by atoms with van der Waals surface area (Å²) >= 11 is 0. The van der Waals surface area contributed by atoms with Crippen LogP contribution in [0, 0.1) is 6.92 Å². The van der Waals surface area contributed by atoms with E-state index in [1.54, 1.807) is 24.3 Å². The Kier molecular flexibility index (Phi) is 7.86. The summed E-state index contributed by atoms with van der Waals surface area (Å²) in [4.78, 5) is 9.83. The van der Waals surface area contributed by atoms with Gasteiger partial charge in [-0.25, -0.2) is 0 Å². The molecule has 6 nitrogen and oxygen atoms in total. The number of hydrogen-bond donors (Lipinski definition) is 1. The van der Waals surface area contributed by atoms with Gasteiger partial charge in [-0.15, -0.1) is 0 Å². The molecule has 7 heteroatoms. The zero-order valence-corrected chi connectivity index (χ0v) is 15.6. The van der Waals surface area contributed by atoms with Gasteiger partial charge >= 0.3 is 0 Å². The van der Waals surface area contributed by atoms with E-state index in [0.29, 0.717) is 13.0 Å². The van der Waals surface area contributed by atoms with Crippen molar-refractivity contribution in [3.05, 3.63) is 29.8 Å². The number of nitrogens with one attached hydrogen (secondary N) is 1. The van der Waals surface area contributed by atoms with Gasteiger partial charge in [0.2, 0.25) is 0 Å². The molecule has 1 unspecified atom stereocenters. The minimum atomic E-state index is -3.62. The number of rotatable bonds is 4. The molecule has 0 saturated carbocycles. The first-order valence-corrected chi connectivity index (χ1v) is 9.37. The van der Waals surface area contributed by atoms with Gasteiger partial charge in [0.1, 0.15) is 5.60 Å². The fourth-order valence-electron chi connectivity index (χ4n) is 1.99. The molecule has 24 heavy (non-hydrogen) atoms. The maximum atomic E-state index is 12.0. The Bertz CT molecular complexity index is 599. The lowest BCUT2D eigenvalue weighted by atomic mass is 10.1. The summed E-state index contributed by atoms with van der Waals surface area (Å²) in [5.74, 6) is 0. The van der Waals surface area contributed by atoms with Gasteiger partial charge in [0.15, 0.2) is 0 Å². The largest absolute Gasteiger partial charge is 0.462 e. The van der Waals surface area contributed by atoms with E-state index in [1.807, 2.05) is 27.7 Å². The third-order valence-electron chi connectivity index (χ3n) is 3.23. The van der Waals surface area contributed by atoms with Crippen LogP contribution in [-0.4, -0.2) is 39.7 Å². The number of ether oxygens (including phenoxy) is 1. The second-order valence-corrected chi connectivity index (χ2v) is 8.23. The van der Waals surface area contributed by atoms with Gasteiger partial charge in [0.25, 0.3) is 16.6 Å². The smallest absolute Gasteiger partial charge is 0.297 e. The molecular weight excluding hydrogens is 330 g/mol. The number of benzene rings is 1. The van der Waals surface area contributed by atoms with Crippen LogP contribution >= 0.6 is 0 Å². The van der Waals surface area contributed by atoms with Crippen LogP contribution in [0.1, 0.15) is 39.2 Å². The molecule has 0 amide bonds. The first-order valence-electron chi connectivity index (χ1n) is 7.96. The summed E-state index contributed by atoms with van der Waals surface area (Å²) in [6.07, 6.45) is 1.50. The Balaban J connectivity index is 0.000000351. The molecule has 0 aliphatic carbocycles. The lowest BCUT2D eigenvalue weighted by Crippen LogP contribution is -2.36. The number of piperidine rings is 1. The van der Waals surface area contributed by atoms with Crippen molar-refractivity contribution in [1.29, 1.82) is 0 Å². The molecule has 1 aliphatic rings. The molecule has 1 fully saturated rings. The normalized spacial score (nSPS) is 18.2. The molecule has 2 rings (SSSR count). The molecule has 0 spiro atoms. The number of carbonyl (C=O) groups is 1. The van der Waals surface area contributed by atoms with E-state index in [4.69, 9.17) is 4.18 Å². The monoisotopic (exact) mass is 357 g/mol. The van der Waals surface area contributed by atoms with Crippen molar-refractivity contribution in [3.8, 4) is 0 Å². The summed E-state index contributed by atoms with van der Waals surface area (Å²) in [5.41, 5.74) is 0.713. The van der Waals surface area contributed by atoms with Gasteiger partial charge in [0, 0.05) is 6.54 Å². The number of aryl methyl sites for hydroxylation is 1.